The van der Waals surface area contributed by atoms with E-state index in [0.29, 0.717) is 24.9 Å². The Balaban J connectivity index is 1.66. The Morgan fingerprint density at radius 2 is 1.62 bits per heavy atom. The third kappa shape index (κ3) is 4.22. The average molecular weight is 362 g/mol. The third-order valence-electron chi connectivity index (χ3n) is 4.30. The van der Waals surface area contributed by atoms with E-state index in [1.54, 1.807) is 0 Å². The van der Waals surface area contributed by atoms with Gasteiger partial charge in [-0.25, -0.2) is 13.2 Å². The van der Waals surface area contributed by atoms with E-state index in [1.165, 1.54) is 29.2 Å². The highest BCUT2D eigenvalue weighted by molar-refractivity contribution is 5.96. The number of amides is 2. The third-order valence-corrected chi connectivity index (χ3v) is 4.30. The predicted molar refractivity (Wildman–Crippen MR) is 90.0 cm³/mol. The quantitative estimate of drug-likeness (QED) is 0.907. The highest BCUT2D eigenvalue weighted by Crippen LogP contribution is 2.21. The van der Waals surface area contributed by atoms with Crippen LogP contribution in [0.25, 0.3) is 0 Å². The fourth-order valence-electron chi connectivity index (χ4n) is 3.02. The van der Waals surface area contributed by atoms with Crippen molar-refractivity contribution in [2.24, 2.45) is 5.92 Å². The number of rotatable bonds is 3. The molecule has 2 amide bonds. The highest BCUT2D eigenvalue weighted by Gasteiger charge is 2.29. The lowest BCUT2D eigenvalue weighted by Gasteiger charge is -2.32. The Morgan fingerprint density at radius 1 is 0.962 bits per heavy atom. The van der Waals surface area contributed by atoms with Gasteiger partial charge in [0.25, 0.3) is 5.91 Å². The zero-order valence-electron chi connectivity index (χ0n) is 13.8. The largest absolute Gasteiger partial charge is 0.338 e. The summed E-state index contributed by atoms with van der Waals surface area (Å²) in [6, 6.07) is 8.00. The number of hydrogen-bond acceptors (Lipinski definition) is 2. The second-order valence-corrected chi connectivity index (χ2v) is 6.24. The number of nitrogens with one attached hydrogen (secondary N) is 1. The molecule has 2 aromatic carbocycles. The first kappa shape index (κ1) is 18.0. The van der Waals surface area contributed by atoms with Gasteiger partial charge in [0.05, 0.1) is 5.92 Å². The van der Waals surface area contributed by atoms with Crippen LogP contribution in [0.1, 0.15) is 23.2 Å². The summed E-state index contributed by atoms with van der Waals surface area (Å²) in [5.74, 6) is -3.15. The van der Waals surface area contributed by atoms with Gasteiger partial charge in [-0.2, -0.15) is 0 Å². The van der Waals surface area contributed by atoms with Crippen molar-refractivity contribution in [1.82, 2.24) is 4.90 Å². The van der Waals surface area contributed by atoms with Crippen molar-refractivity contribution in [1.29, 1.82) is 0 Å². The van der Waals surface area contributed by atoms with E-state index < -0.39 is 29.3 Å². The lowest BCUT2D eigenvalue weighted by atomic mass is 9.96. The van der Waals surface area contributed by atoms with E-state index in [1.807, 2.05) is 0 Å². The standard InChI is InChI=1S/C19H17F3N2O2/c20-14-5-3-12(4-6-14)19(26)24-7-1-2-13(11-24)18(25)23-17-9-15(21)8-16(22)10-17/h3-6,8-10,13H,1-2,7,11H2,(H,23,25). The highest BCUT2D eigenvalue weighted by atomic mass is 19.1. The number of halogens is 3. The van der Waals surface area contributed by atoms with E-state index in [0.717, 1.165) is 18.2 Å². The van der Waals surface area contributed by atoms with Gasteiger partial charge < -0.3 is 10.2 Å². The summed E-state index contributed by atoms with van der Waals surface area (Å²) in [5, 5.41) is 2.49. The zero-order valence-corrected chi connectivity index (χ0v) is 13.8. The van der Waals surface area contributed by atoms with Crippen molar-refractivity contribution < 1.29 is 22.8 Å². The molecule has 0 aromatic heterocycles. The maximum Gasteiger partial charge on any atom is 0.253 e. The molecule has 4 nitrogen and oxygen atoms in total. The second-order valence-electron chi connectivity index (χ2n) is 6.24. The SMILES string of the molecule is O=C(Nc1cc(F)cc(F)c1)C1CCCN(C(=O)c2ccc(F)cc2)C1. The first-order chi connectivity index (χ1) is 12.4. The molecule has 1 saturated heterocycles. The Morgan fingerprint density at radius 3 is 2.27 bits per heavy atom. The molecule has 2 aromatic rings. The topological polar surface area (TPSA) is 49.4 Å². The van der Waals surface area contributed by atoms with Crippen LogP contribution in [0.4, 0.5) is 18.9 Å². The van der Waals surface area contributed by atoms with E-state index in [2.05, 4.69) is 5.32 Å². The molecule has 1 N–H and O–H groups in total. The van der Waals surface area contributed by atoms with Crippen molar-refractivity contribution in [2.75, 3.05) is 18.4 Å². The number of nitrogens with zero attached hydrogens (tertiary/aromatic N) is 1. The molecule has 136 valence electrons. The van der Waals surface area contributed by atoms with Gasteiger partial charge in [0.1, 0.15) is 17.5 Å². The molecule has 0 spiro atoms. The number of anilines is 1. The Kier molecular flexibility index (Phi) is 5.25. The number of piperidine rings is 1. The number of likely N-dealkylation sites (tertiary alicyclic amines) is 1. The van der Waals surface area contributed by atoms with Crippen LogP contribution in [-0.2, 0) is 4.79 Å². The van der Waals surface area contributed by atoms with Gasteiger partial charge >= 0.3 is 0 Å². The summed E-state index contributed by atoms with van der Waals surface area (Å²) in [7, 11) is 0. The number of benzene rings is 2. The molecule has 0 bridgehead atoms. The van der Waals surface area contributed by atoms with Gasteiger partial charge in [-0.05, 0) is 49.2 Å². The van der Waals surface area contributed by atoms with Gasteiger partial charge in [0.15, 0.2) is 0 Å². The molecular formula is C19H17F3N2O2. The van der Waals surface area contributed by atoms with E-state index in [4.69, 9.17) is 0 Å². The van der Waals surface area contributed by atoms with Crippen LogP contribution in [0.3, 0.4) is 0 Å². The van der Waals surface area contributed by atoms with E-state index in [9.17, 15) is 22.8 Å². The lowest BCUT2D eigenvalue weighted by Crippen LogP contribution is -2.43. The van der Waals surface area contributed by atoms with Crippen molar-refractivity contribution >= 4 is 17.5 Å². The maximum absolute atomic E-state index is 13.2. The number of carbonyl (C=O) groups excluding carboxylic acids is 2. The summed E-state index contributed by atoms with van der Waals surface area (Å²) in [5.41, 5.74) is 0.383. The van der Waals surface area contributed by atoms with Crippen LogP contribution in [0.2, 0.25) is 0 Å². The average Bonchev–Trinajstić information content (AvgIpc) is 2.61. The number of carbonyl (C=O) groups is 2. The van der Waals surface area contributed by atoms with Gasteiger partial charge in [0.2, 0.25) is 5.91 Å². The van der Waals surface area contributed by atoms with Crippen molar-refractivity contribution in [3.05, 3.63) is 65.5 Å². The molecular weight excluding hydrogens is 345 g/mol. The summed E-state index contributed by atoms with van der Waals surface area (Å²) < 4.78 is 39.5. The van der Waals surface area contributed by atoms with Gasteiger partial charge in [-0.3, -0.25) is 9.59 Å². The van der Waals surface area contributed by atoms with Crippen molar-refractivity contribution in [3.63, 3.8) is 0 Å². The van der Waals surface area contributed by atoms with Gasteiger partial charge in [0, 0.05) is 30.4 Å². The molecule has 1 heterocycles. The first-order valence-corrected chi connectivity index (χ1v) is 8.24. The zero-order chi connectivity index (χ0) is 18.7. The predicted octanol–water partition coefficient (Wildman–Crippen LogP) is 3.59. The minimum absolute atomic E-state index is 0.0366. The first-order valence-electron chi connectivity index (χ1n) is 8.24. The molecule has 0 radical (unpaired) electrons. The van der Waals surface area contributed by atoms with Crippen LogP contribution in [-0.4, -0.2) is 29.8 Å². The van der Waals surface area contributed by atoms with Gasteiger partial charge in [-0.1, -0.05) is 0 Å². The Hall–Kier alpha value is -2.83. The minimum atomic E-state index is -0.781. The molecule has 1 fully saturated rings. The fourth-order valence-corrected chi connectivity index (χ4v) is 3.02. The molecule has 26 heavy (non-hydrogen) atoms. The van der Waals surface area contributed by atoms with Crippen LogP contribution < -0.4 is 5.32 Å². The molecule has 7 heteroatoms. The molecule has 1 aliphatic heterocycles. The van der Waals surface area contributed by atoms with E-state index in [-0.39, 0.29) is 18.1 Å². The summed E-state index contributed by atoms with van der Waals surface area (Å²) in [6.45, 7) is 0.689. The Labute approximate surface area is 148 Å². The number of hydrogen-bond donors (Lipinski definition) is 1. The molecule has 3 rings (SSSR count). The molecule has 1 unspecified atom stereocenters. The van der Waals surface area contributed by atoms with E-state index >= 15 is 0 Å². The van der Waals surface area contributed by atoms with Crippen LogP contribution in [0.5, 0.6) is 0 Å². The molecule has 1 atom stereocenters. The second kappa shape index (κ2) is 7.59. The molecule has 1 aliphatic rings. The normalized spacial score (nSPS) is 17.0. The van der Waals surface area contributed by atoms with Gasteiger partial charge in [-0.15, -0.1) is 0 Å². The summed E-state index contributed by atoms with van der Waals surface area (Å²) >= 11 is 0. The summed E-state index contributed by atoms with van der Waals surface area (Å²) in [4.78, 5) is 26.4. The molecule has 0 saturated carbocycles. The van der Waals surface area contributed by atoms with Crippen LogP contribution in [0.15, 0.2) is 42.5 Å². The van der Waals surface area contributed by atoms with Crippen molar-refractivity contribution in [2.45, 2.75) is 12.8 Å². The summed E-state index contributed by atoms with van der Waals surface area (Å²) in [6.07, 6.45) is 1.19. The molecule has 0 aliphatic carbocycles. The minimum Gasteiger partial charge on any atom is -0.338 e. The van der Waals surface area contributed by atoms with Crippen LogP contribution >= 0.6 is 0 Å². The Bertz CT molecular complexity index is 804. The fraction of sp³-hybridized carbons (Fsp3) is 0.263. The van der Waals surface area contributed by atoms with Crippen molar-refractivity contribution in [3.8, 4) is 0 Å². The monoisotopic (exact) mass is 362 g/mol. The smallest absolute Gasteiger partial charge is 0.253 e. The van der Waals surface area contributed by atoms with Crippen LogP contribution in [0, 0.1) is 23.4 Å². The maximum atomic E-state index is 13.2. The lowest BCUT2D eigenvalue weighted by molar-refractivity contribution is -0.121.